The van der Waals surface area contributed by atoms with Crippen LogP contribution in [-0.2, 0) is 15.3 Å². The Morgan fingerprint density at radius 2 is 2.00 bits per heavy atom. The molecule has 0 N–H and O–H groups in total. The summed E-state index contributed by atoms with van der Waals surface area (Å²) in [4.78, 5) is 0. The molecular formula is C13H17BrO3. The summed E-state index contributed by atoms with van der Waals surface area (Å²) >= 11 is 3.51. The largest absolute Gasteiger partial charge is 0.493 e. The van der Waals surface area contributed by atoms with E-state index in [1.807, 2.05) is 25.1 Å². The first-order valence-corrected chi connectivity index (χ1v) is 6.72. The van der Waals surface area contributed by atoms with Crippen LogP contribution in [0.4, 0.5) is 0 Å². The summed E-state index contributed by atoms with van der Waals surface area (Å²) in [6.07, 6.45) is 0.799. The number of hydrogen-bond donors (Lipinski definition) is 0. The van der Waals surface area contributed by atoms with Gasteiger partial charge in [-0.15, -0.1) is 0 Å². The van der Waals surface area contributed by atoms with Crippen molar-refractivity contribution in [3.8, 4) is 5.75 Å². The van der Waals surface area contributed by atoms with Crippen molar-refractivity contribution in [1.29, 1.82) is 0 Å². The molecule has 0 atom stereocenters. The van der Waals surface area contributed by atoms with E-state index in [1.54, 1.807) is 0 Å². The summed E-state index contributed by atoms with van der Waals surface area (Å²) < 4.78 is 17.9. The monoisotopic (exact) mass is 300 g/mol. The summed E-state index contributed by atoms with van der Waals surface area (Å²) in [5, 5.41) is 0. The maximum absolute atomic E-state index is 5.75. The van der Waals surface area contributed by atoms with Crippen LogP contribution >= 0.6 is 15.9 Å². The van der Waals surface area contributed by atoms with Crippen molar-refractivity contribution < 1.29 is 14.2 Å². The first-order valence-electron chi connectivity index (χ1n) is 5.92. The van der Waals surface area contributed by atoms with E-state index in [1.165, 1.54) is 0 Å². The summed E-state index contributed by atoms with van der Waals surface area (Å²) in [5.41, 5.74) is 1.04. The Balaban J connectivity index is 2.30. The van der Waals surface area contributed by atoms with Gasteiger partial charge >= 0.3 is 0 Å². The summed E-state index contributed by atoms with van der Waals surface area (Å²) in [7, 11) is 0. The van der Waals surface area contributed by atoms with Crippen LogP contribution in [0.1, 0.15) is 25.8 Å². The van der Waals surface area contributed by atoms with Gasteiger partial charge in [0.15, 0.2) is 5.79 Å². The van der Waals surface area contributed by atoms with Crippen LogP contribution in [0.25, 0.3) is 0 Å². The minimum atomic E-state index is -0.576. The normalized spacial score (nSPS) is 18.3. The summed E-state index contributed by atoms with van der Waals surface area (Å²) in [5.74, 6) is 0.272. The second-order valence-electron chi connectivity index (χ2n) is 3.88. The molecule has 1 heterocycles. The molecule has 1 fully saturated rings. The second-order valence-corrected chi connectivity index (χ2v) is 4.74. The molecule has 3 nitrogen and oxygen atoms in total. The van der Waals surface area contributed by atoms with Gasteiger partial charge in [-0.3, -0.25) is 0 Å². The molecule has 2 rings (SSSR count). The molecule has 1 saturated heterocycles. The van der Waals surface area contributed by atoms with Gasteiger partial charge in [0, 0.05) is 12.0 Å². The summed E-state index contributed by atoms with van der Waals surface area (Å²) in [6.45, 7) is 5.99. The molecule has 0 spiro atoms. The Morgan fingerprint density at radius 1 is 1.29 bits per heavy atom. The maximum Gasteiger partial charge on any atom is 0.194 e. The van der Waals surface area contributed by atoms with Gasteiger partial charge in [-0.1, -0.05) is 6.92 Å². The van der Waals surface area contributed by atoms with Crippen molar-refractivity contribution in [3.63, 3.8) is 0 Å². The first-order chi connectivity index (χ1) is 8.22. The van der Waals surface area contributed by atoms with Gasteiger partial charge in [0.1, 0.15) is 5.75 Å². The van der Waals surface area contributed by atoms with Crippen LogP contribution < -0.4 is 4.74 Å². The third-order valence-electron chi connectivity index (χ3n) is 2.89. The van der Waals surface area contributed by atoms with Gasteiger partial charge in [0.25, 0.3) is 0 Å². The van der Waals surface area contributed by atoms with Crippen LogP contribution in [0.2, 0.25) is 0 Å². The van der Waals surface area contributed by atoms with Crippen molar-refractivity contribution in [2.24, 2.45) is 0 Å². The Hall–Kier alpha value is -0.580. The van der Waals surface area contributed by atoms with E-state index >= 15 is 0 Å². The molecule has 1 aliphatic rings. The van der Waals surface area contributed by atoms with Gasteiger partial charge in [0.2, 0.25) is 0 Å². The van der Waals surface area contributed by atoms with E-state index in [0.29, 0.717) is 19.8 Å². The zero-order valence-corrected chi connectivity index (χ0v) is 11.7. The predicted octanol–water partition coefficient (Wildman–Crippen LogP) is 3.46. The fourth-order valence-corrected chi connectivity index (χ4v) is 2.53. The molecule has 0 unspecified atom stereocenters. The smallest absolute Gasteiger partial charge is 0.194 e. The first kappa shape index (κ1) is 12.9. The lowest BCUT2D eigenvalue weighted by molar-refractivity contribution is -0.167. The minimum absolute atomic E-state index is 0.576. The van der Waals surface area contributed by atoms with Crippen molar-refractivity contribution in [3.05, 3.63) is 28.2 Å². The second kappa shape index (κ2) is 5.38. The topological polar surface area (TPSA) is 27.7 Å². The molecule has 1 aromatic carbocycles. The predicted molar refractivity (Wildman–Crippen MR) is 69.2 cm³/mol. The zero-order valence-electron chi connectivity index (χ0n) is 10.2. The van der Waals surface area contributed by atoms with Crippen molar-refractivity contribution in [2.75, 3.05) is 19.8 Å². The van der Waals surface area contributed by atoms with Crippen LogP contribution in [-0.4, -0.2) is 19.8 Å². The molecule has 0 bridgehead atoms. The number of benzene rings is 1. The Kier molecular flexibility index (Phi) is 4.07. The lowest BCUT2D eigenvalue weighted by atomic mass is 10.0. The molecule has 1 aromatic rings. The number of rotatable bonds is 4. The summed E-state index contributed by atoms with van der Waals surface area (Å²) in [6, 6.07) is 5.97. The highest BCUT2D eigenvalue weighted by Gasteiger charge is 2.36. The maximum atomic E-state index is 5.75. The molecule has 94 valence electrons. The lowest BCUT2D eigenvalue weighted by Gasteiger charge is -2.26. The van der Waals surface area contributed by atoms with Crippen molar-refractivity contribution >= 4 is 15.9 Å². The highest BCUT2D eigenvalue weighted by Crippen LogP contribution is 2.38. The Labute approximate surface area is 110 Å². The van der Waals surface area contributed by atoms with Crippen LogP contribution in [0.5, 0.6) is 5.75 Å². The standard InChI is InChI=1S/C13H17BrO3/c1-3-13(16-7-8-17-13)10-5-6-12(15-4-2)11(14)9-10/h5-6,9H,3-4,7-8H2,1-2H3. The lowest BCUT2D eigenvalue weighted by Crippen LogP contribution is -2.25. The van der Waals surface area contributed by atoms with E-state index < -0.39 is 5.79 Å². The quantitative estimate of drug-likeness (QED) is 0.852. The van der Waals surface area contributed by atoms with Crippen LogP contribution in [0.3, 0.4) is 0 Å². The number of hydrogen-bond acceptors (Lipinski definition) is 3. The van der Waals surface area contributed by atoms with Gasteiger partial charge in [-0.25, -0.2) is 0 Å². The van der Waals surface area contributed by atoms with Gasteiger partial charge in [0.05, 0.1) is 24.3 Å². The Morgan fingerprint density at radius 3 is 2.53 bits per heavy atom. The van der Waals surface area contributed by atoms with Gasteiger partial charge < -0.3 is 14.2 Å². The Bertz CT molecular complexity index is 386. The molecule has 1 aliphatic heterocycles. The molecular weight excluding hydrogens is 284 g/mol. The molecule has 0 amide bonds. The molecule has 0 aliphatic carbocycles. The van der Waals surface area contributed by atoms with E-state index in [2.05, 4.69) is 22.9 Å². The molecule has 4 heteroatoms. The highest BCUT2D eigenvalue weighted by molar-refractivity contribution is 9.10. The van der Waals surface area contributed by atoms with Crippen molar-refractivity contribution in [1.82, 2.24) is 0 Å². The SMILES string of the molecule is CCOc1ccc(C2(CC)OCCO2)cc1Br. The van der Waals surface area contributed by atoms with E-state index in [-0.39, 0.29) is 0 Å². The third kappa shape index (κ3) is 2.49. The number of ether oxygens (including phenoxy) is 3. The minimum Gasteiger partial charge on any atom is -0.493 e. The van der Waals surface area contributed by atoms with Gasteiger partial charge in [-0.05, 0) is 41.1 Å². The average Bonchev–Trinajstić information content (AvgIpc) is 2.82. The zero-order chi connectivity index (χ0) is 12.3. The van der Waals surface area contributed by atoms with Crippen LogP contribution in [0.15, 0.2) is 22.7 Å². The van der Waals surface area contributed by atoms with Crippen molar-refractivity contribution in [2.45, 2.75) is 26.1 Å². The fourth-order valence-electron chi connectivity index (χ4n) is 2.04. The van der Waals surface area contributed by atoms with E-state index in [9.17, 15) is 0 Å². The number of halogens is 1. The molecule has 0 aromatic heterocycles. The van der Waals surface area contributed by atoms with E-state index in [4.69, 9.17) is 14.2 Å². The van der Waals surface area contributed by atoms with Gasteiger partial charge in [-0.2, -0.15) is 0 Å². The van der Waals surface area contributed by atoms with Crippen LogP contribution in [0, 0.1) is 0 Å². The molecule has 17 heavy (non-hydrogen) atoms. The molecule has 0 saturated carbocycles. The third-order valence-corrected chi connectivity index (χ3v) is 3.51. The highest BCUT2D eigenvalue weighted by atomic mass is 79.9. The van der Waals surface area contributed by atoms with E-state index in [0.717, 1.165) is 22.2 Å². The fraction of sp³-hybridized carbons (Fsp3) is 0.538. The molecule has 0 radical (unpaired) electrons. The average molecular weight is 301 g/mol.